The van der Waals surface area contributed by atoms with E-state index in [4.69, 9.17) is 16.3 Å². The van der Waals surface area contributed by atoms with Crippen LogP contribution in [0, 0.1) is 0 Å². The molecule has 0 radical (unpaired) electrons. The molecule has 0 spiro atoms. The van der Waals surface area contributed by atoms with Crippen LogP contribution in [0.15, 0.2) is 53.4 Å². The van der Waals surface area contributed by atoms with Crippen LogP contribution in [0.1, 0.15) is 12.5 Å². The molecule has 2 amide bonds. The van der Waals surface area contributed by atoms with Crippen LogP contribution < -0.4 is 9.64 Å². The van der Waals surface area contributed by atoms with Gasteiger partial charge in [0.05, 0.1) is 17.2 Å². The molecule has 0 saturated carbocycles. The van der Waals surface area contributed by atoms with Gasteiger partial charge in [0, 0.05) is 5.02 Å². The van der Waals surface area contributed by atoms with Crippen molar-refractivity contribution >= 4 is 46.3 Å². The Morgan fingerprint density at radius 1 is 1.17 bits per heavy atom. The van der Waals surface area contributed by atoms with Crippen molar-refractivity contribution in [1.82, 2.24) is 0 Å². The van der Waals surface area contributed by atoms with E-state index in [0.29, 0.717) is 22.2 Å². The van der Waals surface area contributed by atoms with Gasteiger partial charge < -0.3 is 4.74 Å². The number of carbonyl (C=O) groups is 2. The largest absolute Gasteiger partial charge is 0.494 e. The molecule has 0 unspecified atom stereocenters. The molecule has 1 aliphatic heterocycles. The first-order chi connectivity index (χ1) is 11.6. The molecule has 1 aliphatic rings. The highest BCUT2D eigenvalue weighted by atomic mass is 35.5. The normalized spacial score (nSPS) is 16.1. The summed E-state index contributed by atoms with van der Waals surface area (Å²) in [6.45, 7) is 2.47. The Hall–Kier alpha value is -2.24. The Morgan fingerprint density at radius 2 is 1.96 bits per heavy atom. The van der Waals surface area contributed by atoms with E-state index in [-0.39, 0.29) is 11.1 Å². The van der Waals surface area contributed by atoms with E-state index in [1.54, 1.807) is 30.3 Å². The molecule has 24 heavy (non-hydrogen) atoms. The molecule has 3 rings (SSSR count). The van der Waals surface area contributed by atoms with Gasteiger partial charge in [-0.3, -0.25) is 9.59 Å². The van der Waals surface area contributed by atoms with Gasteiger partial charge >= 0.3 is 0 Å². The molecule has 0 atom stereocenters. The summed E-state index contributed by atoms with van der Waals surface area (Å²) < 4.78 is 5.45. The summed E-state index contributed by atoms with van der Waals surface area (Å²) >= 11 is 6.86. The SMILES string of the molecule is CCOc1cccc(/C=C2/SC(=O)N(c3cccc(Cl)c3)C2=O)c1. The maximum Gasteiger partial charge on any atom is 0.298 e. The van der Waals surface area contributed by atoms with E-state index in [0.717, 1.165) is 28.0 Å². The fraction of sp³-hybridized carbons (Fsp3) is 0.111. The topological polar surface area (TPSA) is 46.6 Å². The molecule has 1 saturated heterocycles. The van der Waals surface area contributed by atoms with E-state index in [9.17, 15) is 9.59 Å². The summed E-state index contributed by atoms with van der Waals surface area (Å²) in [5.41, 5.74) is 1.27. The third kappa shape index (κ3) is 3.47. The zero-order valence-electron chi connectivity index (χ0n) is 12.9. The van der Waals surface area contributed by atoms with Crippen molar-refractivity contribution in [3.63, 3.8) is 0 Å². The molecule has 122 valence electrons. The van der Waals surface area contributed by atoms with Crippen LogP contribution in [-0.4, -0.2) is 17.8 Å². The highest BCUT2D eigenvalue weighted by Crippen LogP contribution is 2.36. The first kappa shape index (κ1) is 16.6. The van der Waals surface area contributed by atoms with Gasteiger partial charge in [0.2, 0.25) is 0 Å². The lowest BCUT2D eigenvalue weighted by Gasteiger charge is -2.12. The lowest BCUT2D eigenvalue weighted by atomic mass is 10.2. The van der Waals surface area contributed by atoms with Gasteiger partial charge in [-0.1, -0.05) is 29.8 Å². The zero-order chi connectivity index (χ0) is 17.1. The van der Waals surface area contributed by atoms with E-state index in [1.807, 2.05) is 31.2 Å². The first-order valence-electron chi connectivity index (χ1n) is 7.35. The number of ether oxygens (including phenoxy) is 1. The van der Waals surface area contributed by atoms with Crippen molar-refractivity contribution in [2.24, 2.45) is 0 Å². The van der Waals surface area contributed by atoms with Crippen LogP contribution in [-0.2, 0) is 4.79 Å². The van der Waals surface area contributed by atoms with Crippen molar-refractivity contribution in [2.75, 3.05) is 11.5 Å². The van der Waals surface area contributed by atoms with Crippen molar-refractivity contribution in [3.05, 3.63) is 64.0 Å². The highest BCUT2D eigenvalue weighted by molar-refractivity contribution is 8.19. The third-order valence-electron chi connectivity index (χ3n) is 3.33. The average molecular weight is 360 g/mol. The molecule has 1 heterocycles. The predicted molar refractivity (Wildman–Crippen MR) is 97.5 cm³/mol. The maximum atomic E-state index is 12.6. The van der Waals surface area contributed by atoms with Crippen molar-refractivity contribution < 1.29 is 14.3 Å². The number of hydrogen-bond donors (Lipinski definition) is 0. The minimum absolute atomic E-state index is 0.338. The van der Waals surface area contributed by atoms with Crippen molar-refractivity contribution in [3.8, 4) is 5.75 Å². The van der Waals surface area contributed by atoms with Gasteiger partial charge in [-0.2, -0.15) is 0 Å². The van der Waals surface area contributed by atoms with Gasteiger partial charge in [-0.05, 0) is 60.7 Å². The lowest BCUT2D eigenvalue weighted by molar-refractivity contribution is -0.113. The smallest absolute Gasteiger partial charge is 0.298 e. The molecule has 0 aliphatic carbocycles. The Balaban J connectivity index is 1.90. The van der Waals surface area contributed by atoms with E-state index in [1.165, 1.54) is 0 Å². The van der Waals surface area contributed by atoms with Gasteiger partial charge in [0.1, 0.15) is 5.75 Å². The molecule has 4 nitrogen and oxygen atoms in total. The number of anilines is 1. The second-order valence-corrected chi connectivity index (χ2v) is 6.43. The maximum absolute atomic E-state index is 12.6. The summed E-state index contributed by atoms with van der Waals surface area (Å²) in [7, 11) is 0. The summed E-state index contributed by atoms with van der Waals surface area (Å²) in [5.74, 6) is 0.370. The molecule has 6 heteroatoms. The van der Waals surface area contributed by atoms with Crippen molar-refractivity contribution in [2.45, 2.75) is 6.92 Å². The van der Waals surface area contributed by atoms with E-state index in [2.05, 4.69) is 0 Å². The fourth-order valence-electron chi connectivity index (χ4n) is 2.32. The van der Waals surface area contributed by atoms with Crippen molar-refractivity contribution in [1.29, 1.82) is 0 Å². The molecule has 0 N–H and O–H groups in total. The van der Waals surface area contributed by atoms with E-state index < -0.39 is 0 Å². The monoisotopic (exact) mass is 359 g/mol. The van der Waals surface area contributed by atoms with E-state index >= 15 is 0 Å². The standard InChI is InChI=1S/C18H14ClNO3S/c1-2-23-15-8-3-5-12(9-15)10-16-17(21)20(18(22)24-16)14-7-4-6-13(19)11-14/h3-11H,2H2,1H3/b16-10+. The molecule has 0 bridgehead atoms. The Morgan fingerprint density at radius 3 is 2.71 bits per heavy atom. The van der Waals surface area contributed by atoms with Gasteiger partial charge in [-0.25, -0.2) is 4.90 Å². The second kappa shape index (κ2) is 7.11. The summed E-state index contributed by atoms with van der Waals surface area (Å²) in [6, 6.07) is 14.1. The van der Waals surface area contributed by atoms with Gasteiger partial charge in [0.15, 0.2) is 0 Å². The Bertz CT molecular complexity index is 835. The number of imide groups is 1. The van der Waals surface area contributed by atoms with Crippen LogP contribution in [0.4, 0.5) is 10.5 Å². The average Bonchev–Trinajstić information content (AvgIpc) is 2.82. The molecule has 2 aromatic rings. The number of thioether (sulfide) groups is 1. The zero-order valence-corrected chi connectivity index (χ0v) is 14.4. The van der Waals surface area contributed by atoms with Crippen LogP contribution >= 0.6 is 23.4 Å². The number of amides is 2. The number of nitrogens with zero attached hydrogens (tertiary/aromatic N) is 1. The van der Waals surface area contributed by atoms with Gasteiger partial charge in [0.25, 0.3) is 11.1 Å². The summed E-state index contributed by atoms with van der Waals surface area (Å²) in [5, 5.41) is 0.134. The lowest BCUT2D eigenvalue weighted by Crippen LogP contribution is -2.27. The number of benzene rings is 2. The Kier molecular flexibility index (Phi) is 4.92. The summed E-state index contributed by atoms with van der Waals surface area (Å²) in [6.07, 6.45) is 1.69. The van der Waals surface area contributed by atoms with Gasteiger partial charge in [-0.15, -0.1) is 0 Å². The number of rotatable bonds is 4. The van der Waals surface area contributed by atoms with Crippen LogP contribution in [0.5, 0.6) is 5.75 Å². The Labute approximate surface area is 149 Å². The van der Waals surface area contributed by atoms with Crippen LogP contribution in [0.2, 0.25) is 5.02 Å². The summed E-state index contributed by atoms with van der Waals surface area (Å²) in [4.78, 5) is 26.3. The molecular formula is C18H14ClNO3S. The molecule has 2 aromatic carbocycles. The number of halogens is 1. The van der Waals surface area contributed by atoms with Crippen LogP contribution in [0.25, 0.3) is 6.08 Å². The molecule has 1 fully saturated rings. The molecular weight excluding hydrogens is 346 g/mol. The second-order valence-electron chi connectivity index (χ2n) is 5.00. The third-order valence-corrected chi connectivity index (χ3v) is 4.43. The minimum atomic E-state index is -0.353. The number of carbonyl (C=O) groups excluding carboxylic acids is 2. The number of hydrogen-bond acceptors (Lipinski definition) is 4. The first-order valence-corrected chi connectivity index (χ1v) is 8.54. The molecule has 0 aromatic heterocycles. The highest BCUT2D eigenvalue weighted by Gasteiger charge is 2.36. The minimum Gasteiger partial charge on any atom is -0.494 e. The van der Waals surface area contributed by atoms with Crippen LogP contribution in [0.3, 0.4) is 0 Å². The predicted octanol–water partition coefficient (Wildman–Crippen LogP) is 4.98. The fourth-order valence-corrected chi connectivity index (χ4v) is 3.34. The quantitative estimate of drug-likeness (QED) is 0.722.